The summed E-state index contributed by atoms with van der Waals surface area (Å²) < 4.78 is 5.38. The van der Waals surface area contributed by atoms with Gasteiger partial charge in [-0.1, -0.05) is 24.3 Å². The van der Waals surface area contributed by atoms with E-state index in [1.54, 1.807) is 13.2 Å². The van der Waals surface area contributed by atoms with Gasteiger partial charge in [0.2, 0.25) is 5.91 Å². The predicted molar refractivity (Wildman–Crippen MR) is 120 cm³/mol. The minimum atomic E-state index is -0.173. The normalized spacial score (nSPS) is 15.1. The summed E-state index contributed by atoms with van der Waals surface area (Å²) in [5, 5.41) is 3.63. The Morgan fingerprint density at radius 2 is 2.00 bits per heavy atom. The molecule has 2 aromatic carbocycles. The molecule has 0 spiro atoms. The van der Waals surface area contributed by atoms with E-state index in [0.717, 1.165) is 24.4 Å². The maximum atomic E-state index is 12.6. The van der Waals surface area contributed by atoms with Crippen LogP contribution in [0.4, 0.5) is 0 Å². The van der Waals surface area contributed by atoms with Crippen LogP contribution < -0.4 is 15.6 Å². The van der Waals surface area contributed by atoms with Crippen LogP contribution in [0.3, 0.4) is 0 Å². The molecule has 3 aromatic rings. The summed E-state index contributed by atoms with van der Waals surface area (Å²) in [5.74, 6) is 1.30. The Morgan fingerprint density at radius 1 is 1.19 bits per heavy atom. The molecule has 31 heavy (non-hydrogen) atoms. The lowest BCUT2D eigenvalue weighted by molar-refractivity contribution is -0.121. The SMILES string of the molecule is COc1cccc(C(CNC(=O)CCc2nc3ccccc3c(=O)[nH]2)N2CCCC2)c1. The molecule has 0 saturated carbocycles. The lowest BCUT2D eigenvalue weighted by Crippen LogP contribution is -2.37. The zero-order chi connectivity index (χ0) is 21.6. The number of aromatic amines is 1. The topological polar surface area (TPSA) is 87.3 Å². The minimum Gasteiger partial charge on any atom is -0.497 e. The number of carbonyl (C=O) groups is 1. The van der Waals surface area contributed by atoms with Gasteiger partial charge in [-0.2, -0.15) is 0 Å². The molecule has 1 unspecified atom stereocenters. The Hall–Kier alpha value is -3.19. The first-order valence-corrected chi connectivity index (χ1v) is 10.8. The number of H-pyrrole nitrogens is 1. The first-order chi connectivity index (χ1) is 15.1. The zero-order valence-electron chi connectivity index (χ0n) is 17.8. The van der Waals surface area contributed by atoms with Gasteiger partial charge in [0.15, 0.2) is 0 Å². The number of hydrogen-bond acceptors (Lipinski definition) is 5. The van der Waals surface area contributed by atoms with E-state index in [1.165, 1.54) is 12.8 Å². The third-order valence-corrected chi connectivity index (χ3v) is 5.80. The van der Waals surface area contributed by atoms with E-state index in [9.17, 15) is 9.59 Å². The molecule has 4 rings (SSSR count). The number of rotatable bonds is 8. The number of ether oxygens (including phenoxy) is 1. The van der Waals surface area contributed by atoms with Gasteiger partial charge in [0.05, 0.1) is 24.1 Å². The molecule has 0 radical (unpaired) electrons. The Morgan fingerprint density at radius 3 is 2.81 bits per heavy atom. The second kappa shape index (κ2) is 9.75. The van der Waals surface area contributed by atoms with E-state index in [4.69, 9.17) is 4.74 Å². The molecule has 0 aliphatic carbocycles. The van der Waals surface area contributed by atoms with Gasteiger partial charge in [-0.05, 0) is 55.8 Å². The van der Waals surface area contributed by atoms with Crippen LogP contribution in [0.1, 0.15) is 36.7 Å². The molecule has 0 bridgehead atoms. The molecule has 1 amide bonds. The Balaban J connectivity index is 1.39. The third kappa shape index (κ3) is 5.11. The number of hydrogen-bond donors (Lipinski definition) is 2. The first kappa shape index (κ1) is 21.1. The highest BCUT2D eigenvalue weighted by atomic mass is 16.5. The quantitative estimate of drug-likeness (QED) is 0.585. The molecular formula is C24H28N4O3. The average molecular weight is 421 g/mol. The van der Waals surface area contributed by atoms with E-state index in [0.29, 0.717) is 29.7 Å². The highest BCUT2D eigenvalue weighted by Crippen LogP contribution is 2.27. The van der Waals surface area contributed by atoms with E-state index in [-0.39, 0.29) is 23.9 Å². The van der Waals surface area contributed by atoms with Crippen LogP contribution >= 0.6 is 0 Å². The number of amides is 1. The molecular weight excluding hydrogens is 392 g/mol. The molecule has 1 saturated heterocycles. The van der Waals surface area contributed by atoms with E-state index < -0.39 is 0 Å². The second-order valence-corrected chi connectivity index (χ2v) is 7.87. The van der Waals surface area contributed by atoms with Crippen molar-refractivity contribution in [3.8, 4) is 5.75 Å². The number of para-hydroxylation sites is 1. The van der Waals surface area contributed by atoms with E-state index in [1.807, 2.05) is 36.4 Å². The van der Waals surface area contributed by atoms with Gasteiger partial charge in [-0.15, -0.1) is 0 Å². The largest absolute Gasteiger partial charge is 0.497 e. The van der Waals surface area contributed by atoms with Crippen LogP contribution in [-0.4, -0.2) is 47.5 Å². The summed E-state index contributed by atoms with van der Waals surface area (Å²) in [6, 6.07) is 15.4. The zero-order valence-corrected chi connectivity index (χ0v) is 17.8. The van der Waals surface area contributed by atoms with Gasteiger partial charge in [0.25, 0.3) is 5.56 Å². The average Bonchev–Trinajstić information content (AvgIpc) is 3.33. The van der Waals surface area contributed by atoms with Gasteiger partial charge in [-0.3, -0.25) is 14.5 Å². The number of benzene rings is 2. The number of nitrogens with zero attached hydrogens (tertiary/aromatic N) is 2. The molecule has 1 atom stereocenters. The van der Waals surface area contributed by atoms with Crippen molar-refractivity contribution in [1.29, 1.82) is 0 Å². The molecule has 1 aromatic heterocycles. The number of methoxy groups -OCH3 is 1. The van der Waals surface area contributed by atoms with Crippen molar-refractivity contribution in [3.63, 3.8) is 0 Å². The molecule has 7 heteroatoms. The van der Waals surface area contributed by atoms with Crippen LogP contribution in [0.5, 0.6) is 5.75 Å². The molecule has 162 valence electrons. The minimum absolute atomic E-state index is 0.0529. The fourth-order valence-electron chi connectivity index (χ4n) is 4.14. The Bertz CT molecular complexity index is 1110. The first-order valence-electron chi connectivity index (χ1n) is 10.8. The fraction of sp³-hybridized carbons (Fsp3) is 0.375. The van der Waals surface area contributed by atoms with Crippen LogP contribution in [0.15, 0.2) is 53.3 Å². The van der Waals surface area contributed by atoms with Crippen LogP contribution in [0, 0.1) is 0 Å². The number of aromatic nitrogens is 2. The van der Waals surface area contributed by atoms with Crippen molar-refractivity contribution in [2.24, 2.45) is 0 Å². The summed E-state index contributed by atoms with van der Waals surface area (Å²) in [4.78, 5) is 34.4. The third-order valence-electron chi connectivity index (χ3n) is 5.80. The standard InChI is InChI=1S/C24H28N4O3/c1-31-18-8-6-7-17(15-18)21(28-13-4-5-14-28)16-25-23(29)12-11-22-26-20-10-3-2-9-19(20)24(30)27-22/h2-3,6-10,15,21H,4-5,11-14,16H2,1H3,(H,25,29)(H,26,27,30). The van der Waals surface area contributed by atoms with Gasteiger partial charge in [0.1, 0.15) is 11.6 Å². The van der Waals surface area contributed by atoms with Crippen LogP contribution in [0.2, 0.25) is 0 Å². The number of fused-ring (bicyclic) bond motifs is 1. The molecule has 2 N–H and O–H groups in total. The summed E-state index contributed by atoms with van der Waals surface area (Å²) in [5.41, 5.74) is 1.61. The summed E-state index contributed by atoms with van der Waals surface area (Å²) >= 11 is 0. The predicted octanol–water partition coefficient (Wildman–Crippen LogP) is 2.82. The van der Waals surface area contributed by atoms with Crippen molar-refractivity contribution in [1.82, 2.24) is 20.2 Å². The van der Waals surface area contributed by atoms with Gasteiger partial charge in [0, 0.05) is 19.4 Å². The smallest absolute Gasteiger partial charge is 0.258 e. The lowest BCUT2D eigenvalue weighted by atomic mass is 10.0. The number of likely N-dealkylation sites (tertiary alicyclic amines) is 1. The maximum Gasteiger partial charge on any atom is 0.258 e. The lowest BCUT2D eigenvalue weighted by Gasteiger charge is -2.28. The molecule has 2 heterocycles. The summed E-state index contributed by atoms with van der Waals surface area (Å²) in [6.45, 7) is 2.59. The number of carbonyl (C=O) groups excluding carboxylic acids is 1. The number of nitrogens with one attached hydrogen (secondary N) is 2. The molecule has 1 aliphatic rings. The van der Waals surface area contributed by atoms with Crippen molar-refractivity contribution in [2.45, 2.75) is 31.7 Å². The molecule has 7 nitrogen and oxygen atoms in total. The van der Waals surface area contributed by atoms with Crippen molar-refractivity contribution < 1.29 is 9.53 Å². The molecule has 1 fully saturated rings. The van der Waals surface area contributed by atoms with Gasteiger partial charge < -0.3 is 15.0 Å². The van der Waals surface area contributed by atoms with Crippen molar-refractivity contribution >= 4 is 16.8 Å². The summed E-state index contributed by atoms with van der Waals surface area (Å²) in [6.07, 6.45) is 3.01. The van der Waals surface area contributed by atoms with Crippen LogP contribution in [0.25, 0.3) is 10.9 Å². The Kier molecular flexibility index (Phi) is 6.62. The van der Waals surface area contributed by atoms with E-state index >= 15 is 0 Å². The number of aryl methyl sites for hydroxylation is 1. The van der Waals surface area contributed by atoms with E-state index in [2.05, 4.69) is 26.3 Å². The fourth-order valence-corrected chi connectivity index (χ4v) is 4.14. The molecule has 1 aliphatic heterocycles. The monoisotopic (exact) mass is 420 g/mol. The Labute approximate surface area is 181 Å². The summed E-state index contributed by atoms with van der Waals surface area (Å²) in [7, 11) is 1.66. The highest BCUT2D eigenvalue weighted by molar-refractivity contribution is 5.78. The second-order valence-electron chi connectivity index (χ2n) is 7.87. The van der Waals surface area contributed by atoms with Crippen molar-refractivity contribution in [2.75, 3.05) is 26.7 Å². The van der Waals surface area contributed by atoms with Gasteiger partial charge >= 0.3 is 0 Å². The van der Waals surface area contributed by atoms with Gasteiger partial charge in [-0.25, -0.2) is 4.98 Å². The van der Waals surface area contributed by atoms with Crippen LogP contribution in [-0.2, 0) is 11.2 Å². The maximum absolute atomic E-state index is 12.6. The highest BCUT2D eigenvalue weighted by Gasteiger charge is 2.24. The van der Waals surface area contributed by atoms with Crippen molar-refractivity contribution in [3.05, 3.63) is 70.3 Å².